The Balaban J connectivity index is 1.22. The van der Waals surface area contributed by atoms with E-state index in [1.54, 1.807) is 0 Å². The zero-order chi connectivity index (χ0) is 33.8. The smallest absolute Gasteiger partial charge is 0.102 e. The zero-order valence-electron chi connectivity index (χ0n) is 26.9. The minimum atomic E-state index is 0.457. The Morgan fingerprint density at radius 3 is 1.76 bits per heavy atom. The lowest BCUT2D eigenvalue weighted by Crippen LogP contribution is -2.03. The molecular weight excluding hydrogens is 611 g/mol. The first kappa shape index (κ1) is 29.0. The van der Waals surface area contributed by atoms with Crippen molar-refractivity contribution in [3.63, 3.8) is 0 Å². The van der Waals surface area contributed by atoms with Gasteiger partial charge in [0.25, 0.3) is 0 Å². The number of hydrogen-bond acceptors (Lipinski definition) is 3. The third-order valence-electron chi connectivity index (χ3n) is 9.94. The quantitative estimate of drug-likeness (QED) is 0.192. The second-order valence-electron chi connectivity index (χ2n) is 12.6. The average Bonchev–Trinajstić information content (AvgIpc) is 3.70. The first-order chi connectivity index (χ1) is 24.7. The van der Waals surface area contributed by atoms with Crippen molar-refractivity contribution in [2.75, 3.05) is 0 Å². The van der Waals surface area contributed by atoms with Crippen molar-refractivity contribution in [1.29, 1.82) is 15.8 Å². The molecule has 2 aromatic heterocycles. The van der Waals surface area contributed by atoms with Crippen molar-refractivity contribution in [3.05, 3.63) is 162 Å². The predicted molar refractivity (Wildman–Crippen MR) is 201 cm³/mol. The van der Waals surface area contributed by atoms with Crippen molar-refractivity contribution in [2.45, 2.75) is 12.8 Å². The maximum atomic E-state index is 10.7. The maximum Gasteiger partial charge on any atom is 0.102 e. The Hall–Kier alpha value is -7.13. The minimum Gasteiger partial charge on any atom is -0.312 e. The number of nitrogens with zero attached hydrogens (tertiary/aromatic N) is 5. The molecule has 2 heterocycles. The molecule has 0 atom stereocenters. The Labute approximate surface area is 288 Å². The van der Waals surface area contributed by atoms with Crippen molar-refractivity contribution >= 4 is 54.9 Å². The van der Waals surface area contributed by atoms with Gasteiger partial charge in [0.05, 0.1) is 56.6 Å². The van der Waals surface area contributed by atoms with Crippen LogP contribution in [0.25, 0.3) is 71.7 Å². The number of benzene rings is 6. The van der Waals surface area contributed by atoms with Crippen LogP contribution < -0.4 is 0 Å². The highest BCUT2D eigenvalue weighted by Crippen LogP contribution is 2.41. The van der Waals surface area contributed by atoms with E-state index in [0.717, 1.165) is 78.8 Å². The SMILES string of the molecule is N#Cc1ccc2c(c1)c1ccccc1n2C1=C(c2ccc(-c3c(C#N)ccc(-n4c5ccccc5c5ccccc54)c3C#N)cc2)C=CCC1. The van der Waals surface area contributed by atoms with Gasteiger partial charge < -0.3 is 9.13 Å². The summed E-state index contributed by atoms with van der Waals surface area (Å²) >= 11 is 0. The number of fused-ring (bicyclic) bond motifs is 6. The zero-order valence-corrected chi connectivity index (χ0v) is 26.9. The largest absolute Gasteiger partial charge is 0.312 e. The summed E-state index contributed by atoms with van der Waals surface area (Å²) in [5.74, 6) is 0. The van der Waals surface area contributed by atoms with Gasteiger partial charge in [0.15, 0.2) is 0 Å². The van der Waals surface area contributed by atoms with Crippen LogP contribution in [-0.2, 0) is 0 Å². The van der Waals surface area contributed by atoms with E-state index in [0.29, 0.717) is 22.3 Å². The summed E-state index contributed by atoms with van der Waals surface area (Å²) in [5, 5.41) is 35.0. The van der Waals surface area contributed by atoms with Crippen molar-refractivity contribution < 1.29 is 0 Å². The molecule has 8 aromatic rings. The van der Waals surface area contributed by atoms with E-state index in [4.69, 9.17) is 0 Å². The van der Waals surface area contributed by atoms with Gasteiger partial charge in [-0.3, -0.25) is 0 Å². The number of para-hydroxylation sites is 3. The van der Waals surface area contributed by atoms with Gasteiger partial charge in [0.2, 0.25) is 0 Å². The lowest BCUT2D eigenvalue weighted by atomic mass is 9.91. The molecule has 0 spiro atoms. The van der Waals surface area contributed by atoms with E-state index in [1.165, 1.54) is 5.70 Å². The number of hydrogen-bond donors (Lipinski definition) is 0. The number of nitriles is 3. The summed E-state index contributed by atoms with van der Waals surface area (Å²) in [7, 11) is 0. The van der Waals surface area contributed by atoms with Crippen LogP contribution in [0.15, 0.2) is 140 Å². The number of aromatic nitrogens is 2. The molecule has 0 N–H and O–H groups in total. The molecule has 50 heavy (non-hydrogen) atoms. The van der Waals surface area contributed by atoms with Crippen LogP contribution in [0.4, 0.5) is 0 Å². The second kappa shape index (κ2) is 11.5. The van der Waals surface area contributed by atoms with Gasteiger partial charge in [-0.1, -0.05) is 91.0 Å². The second-order valence-corrected chi connectivity index (χ2v) is 12.6. The Morgan fingerprint density at radius 1 is 0.520 bits per heavy atom. The molecular formula is C45H27N5. The fourth-order valence-corrected chi connectivity index (χ4v) is 7.76. The van der Waals surface area contributed by atoms with Crippen LogP contribution in [0.3, 0.4) is 0 Å². The van der Waals surface area contributed by atoms with Gasteiger partial charge in [-0.25, -0.2) is 0 Å². The molecule has 5 heteroatoms. The van der Waals surface area contributed by atoms with E-state index in [2.05, 4.69) is 100 Å². The molecule has 0 fully saturated rings. The van der Waals surface area contributed by atoms with Gasteiger partial charge in [-0.15, -0.1) is 0 Å². The molecule has 0 saturated heterocycles. The molecule has 6 aromatic carbocycles. The first-order valence-corrected chi connectivity index (χ1v) is 16.6. The molecule has 0 bridgehead atoms. The third-order valence-corrected chi connectivity index (χ3v) is 9.94. The molecule has 0 aliphatic heterocycles. The van der Waals surface area contributed by atoms with E-state index in [-0.39, 0.29) is 0 Å². The van der Waals surface area contributed by atoms with Crippen LogP contribution in [-0.4, -0.2) is 9.13 Å². The van der Waals surface area contributed by atoms with Gasteiger partial charge >= 0.3 is 0 Å². The summed E-state index contributed by atoms with van der Waals surface area (Å²) in [4.78, 5) is 0. The molecule has 0 radical (unpaired) electrons. The van der Waals surface area contributed by atoms with Crippen LogP contribution in [0, 0.1) is 34.0 Å². The Bertz CT molecular complexity index is 2840. The van der Waals surface area contributed by atoms with Crippen LogP contribution in [0.1, 0.15) is 35.1 Å². The molecule has 1 aliphatic rings. The summed E-state index contributed by atoms with van der Waals surface area (Å²) < 4.78 is 4.48. The average molecular weight is 638 g/mol. The highest BCUT2D eigenvalue weighted by atomic mass is 15.0. The van der Waals surface area contributed by atoms with Crippen molar-refractivity contribution in [1.82, 2.24) is 9.13 Å². The molecule has 0 saturated carbocycles. The standard InChI is InChI=1S/C45H27N5/c46-26-29-17-23-43-37(25-29)36-12-4-8-16-42(36)49(43)39-13-5-1-9-33(39)30-18-20-31(21-19-30)45-32(27-47)22-24-44(38(45)28-48)50-40-14-6-2-10-34(40)35-11-3-7-15-41(35)50/h1-4,6-12,14-25H,5,13H2. The topological polar surface area (TPSA) is 81.2 Å². The normalized spacial score (nSPS) is 12.8. The molecule has 1 aliphatic carbocycles. The minimum absolute atomic E-state index is 0.457. The Morgan fingerprint density at radius 2 is 1.12 bits per heavy atom. The lowest BCUT2D eigenvalue weighted by molar-refractivity contribution is 0.983. The third kappa shape index (κ3) is 4.30. The lowest BCUT2D eigenvalue weighted by Gasteiger charge is -2.20. The molecule has 232 valence electrons. The van der Waals surface area contributed by atoms with Gasteiger partial charge in [0.1, 0.15) is 6.07 Å². The number of rotatable bonds is 4. The summed E-state index contributed by atoms with van der Waals surface area (Å²) in [6, 6.07) is 49.8. The first-order valence-electron chi connectivity index (χ1n) is 16.6. The monoisotopic (exact) mass is 637 g/mol. The van der Waals surface area contributed by atoms with Crippen molar-refractivity contribution in [2.24, 2.45) is 0 Å². The van der Waals surface area contributed by atoms with Gasteiger partial charge in [0, 0.05) is 38.4 Å². The highest BCUT2D eigenvalue weighted by molar-refractivity contribution is 6.12. The summed E-state index contributed by atoms with van der Waals surface area (Å²) in [5.41, 5.74) is 11.3. The van der Waals surface area contributed by atoms with Gasteiger partial charge in [-0.2, -0.15) is 15.8 Å². The fraction of sp³-hybridized carbons (Fsp3) is 0.0444. The molecule has 9 rings (SSSR count). The molecule has 0 unspecified atom stereocenters. The van der Waals surface area contributed by atoms with E-state index in [9.17, 15) is 15.8 Å². The van der Waals surface area contributed by atoms with Crippen LogP contribution >= 0.6 is 0 Å². The van der Waals surface area contributed by atoms with Crippen LogP contribution in [0.5, 0.6) is 0 Å². The highest BCUT2D eigenvalue weighted by Gasteiger charge is 2.22. The van der Waals surface area contributed by atoms with Gasteiger partial charge in [-0.05, 0) is 72.5 Å². The van der Waals surface area contributed by atoms with E-state index >= 15 is 0 Å². The fourth-order valence-electron chi connectivity index (χ4n) is 7.76. The summed E-state index contributed by atoms with van der Waals surface area (Å²) in [6.07, 6.45) is 6.20. The van der Waals surface area contributed by atoms with Crippen LogP contribution in [0.2, 0.25) is 0 Å². The number of allylic oxidation sites excluding steroid dienone is 4. The molecule has 5 nitrogen and oxygen atoms in total. The maximum absolute atomic E-state index is 10.7. The Kier molecular flexibility index (Phi) is 6.70. The van der Waals surface area contributed by atoms with E-state index < -0.39 is 0 Å². The predicted octanol–water partition coefficient (Wildman–Crippen LogP) is 10.9. The van der Waals surface area contributed by atoms with Crippen molar-refractivity contribution in [3.8, 4) is 35.0 Å². The summed E-state index contributed by atoms with van der Waals surface area (Å²) in [6.45, 7) is 0. The molecule has 0 amide bonds. The van der Waals surface area contributed by atoms with E-state index in [1.807, 2.05) is 66.7 Å².